The maximum Gasteiger partial charge on any atom is 0.134 e. The molecule has 61 valence electrons. The Labute approximate surface area is 68.2 Å². The van der Waals surface area contributed by atoms with Crippen molar-refractivity contribution >= 4 is 5.78 Å². The number of hydrogen-bond acceptors (Lipinski definition) is 1. The molecule has 0 aliphatic heterocycles. The summed E-state index contributed by atoms with van der Waals surface area (Å²) >= 11 is 0. The Bertz CT molecular complexity index is 189. The van der Waals surface area contributed by atoms with Crippen LogP contribution in [-0.2, 0) is 4.79 Å². The molecule has 0 unspecified atom stereocenters. The van der Waals surface area contributed by atoms with Crippen molar-refractivity contribution in [1.29, 1.82) is 0 Å². The van der Waals surface area contributed by atoms with Crippen LogP contribution in [-0.4, -0.2) is 5.78 Å². The molecule has 2 atom stereocenters. The SMILES string of the molecule is C[C@@]12C[CH]C[C@]1(C)CC(=O)C2. The van der Waals surface area contributed by atoms with Gasteiger partial charge < -0.3 is 0 Å². The predicted molar refractivity (Wildman–Crippen MR) is 44.0 cm³/mol. The molecule has 1 radical (unpaired) electrons. The van der Waals surface area contributed by atoms with Crippen LogP contribution in [0, 0.1) is 17.3 Å². The van der Waals surface area contributed by atoms with E-state index >= 15 is 0 Å². The number of rotatable bonds is 0. The second-order valence-electron chi connectivity index (χ2n) is 4.71. The van der Waals surface area contributed by atoms with E-state index < -0.39 is 0 Å². The van der Waals surface area contributed by atoms with Crippen LogP contribution in [0.1, 0.15) is 39.5 Å². The molecule has 0 aromatic rings. The third kappa shape index (κ3) is 0.800. The highest BCUT2D eigenvalue weighted by Crippen LogP contribution is 2.60. The summed E-state index contributed by atoms with van der Waals surface area (Å²) < 4.78 is 0. The largest absolute Gasteiger partial charge is 0.300 e. The Kier molecular flexibility index (Phi) is 1.25. The minimum Gasteiger partial charge on any atom is -0.300 e. The van der Waals surface area contributed by atoms with E-state index in [1.807, 2.05) is 0 Å². The fraction of sp³-hybridized carbons (Fsp3) is 0.800. The summed E-state index contributed by atoms with van der Waals surface area (Å²) in [7, 11) is 0. The van der Waals surface area contributed by atoms with Gasteiger partial charge in [-0.1, -0.05) is 13.8 Å². The lowest BCUT2D eigenvalue weighted by molar-refractivity contribution is -0.118. The van der Waals surface area contributed by atoms with E-state index in [0.29, 0.717) is 16.6 Å². The van der Waals surface area contributed by atoms with Gasteiger partial charge in [0.1, 0.15) is 5.78 Å². The van der Waals surface area contributed by atoms with E-state index in [1.165, 1.54) is 0 Å². The molecule has 0 aromatic carbocycles. The van der Waals surface area contributed by atoms with Gasteiger partial charge in [0, 0.05) is 12.8 Å². The van der Waals surface area contributed by atoms with Crippen molar-refractivity contribution in [1.82, 2.24) is 0 Å². The minimum absolute atomic E-state index is 0.310. The Balaban J connectivity index is 2.35. The van der Waals surface area contributed by atoms with Gasteiger partial charge >= 0.3 is 0 Å². The summed E-state index contributed by atoms with van der Waals surface area (Å²) in [5.41, 5.74) is 0.619. The fourth-order valence-corrected chi connectivity index (χ4v) is 2.71. The molecule has 1 heteroatoms. The lowest BCUT2D eigenvalue weighted by Gasteiger charge is -2.33. The summed E-state index contributed by atoms with van der Waals surface area (Å²) in [5.74, 6) is 0.475. The highest BCUT2D eigenvalue weighted by Gasteiger charge is 2.54. The van der Waals surface area contributed by atoms with E-state index in [1.54, 1.807) is 0 Å². The standard InChI is InChI=1S/C10H15O/c1-9-4-3-5-10(9,2)7-8(11)6-9/h3H,4-7H2,1-2H3/t9-,10+. The summed E-state index contributed by atoms with van der Waals surface area (Å²) in [6, 6.07) is 0. The maximum absolute atomic E-state index is 11.3. The molecule has 2 aliphatic rings. The Morgan fingerprint density at radius 3 is 2.09 bits per heavy atom. The van der Waals surface area contributed by atoms with Crippen molar-refractivity contribution in [2.45, 2.75) is 39.5 Å². The van der Waals surface area contributed by atoms with Gasteiger partial charge in [-0.3, -0.25) is 4.79 Å². The van der Waals surface area contributed by atoms with Crippen LogP contribution in [0.2, 0.25) is 0 Å². The molecule has 0 aromatic heterocycles. The molecule has 11 heavy (non-hydrogen) atoms. The first-order valence-electron chi connectivity index (χ1n) is 4.39. The van der Waals surface area contributed by atoms with Gasteiger partial charge in [-0.2, -0.15) is 0 Å². The molecule has 0 N–H and O–H groups in total. The molecule has 0 spiro atoms. The summed E-state index contributed by atoms with van der Waals surface area (Å²) in [4.78, 5) is 11.3. The Hall–Kier alpha value is -0.330. The van der Waals surface area contributed by atoms with Crippen LogP contribution >= 0.6 is 0 Å². The second kappa shape index (κ2) is 1.88. The summed E-state index contributed by atoms with van der Waals surface area (Å²) in [6.07, 6.45) is 6.29. The highest BCUT2D eigenvalue weighted by molar-refractivity contribution is 5.83. The molecule has 1 nitrogen and oxygen atoms in total. The van der Waals surface area contributed by atoms with E-state index in [4.69, 9.17) is 0 Å². The molecule has 2 saturated carbocycles. The zero-order valence-electron chi connectivity index (χ0n) is 7.31. The quantitative estimate of drug-likeness (QED) is 0.519. The molecule has 0 amide bonds. The van der Waals surface area contributed by atoms with Crippen molar-refractivity contribution < 1.29 is 4.79 Å². The number of carbonyl (C=O) groups is 1. The summed E-state index contributed by atoms with van der Waals surface area (Å²) in [6.45, 7) is 4.53. The van der Waals surface area contributed by atoms with Gasteiger partial charge in [0.15, 0.2) is 0 Å². The monoisotopic (exact) mass is 151 g/mol. The first kappa shape index (κ1) is 7.33. The van der Waals surface area contributed by atoms with Gasteiger partial charge in [0.05, 0.1) is 0 Å². The van der Waals surface area contributed by atoms with Crippen LogP contribution in [0.3, 0.4) is 0 Å². The number of fused-ring (bicyclic) bond motifs is 1. The molecule has 0 bridgehead atoms. The van der Waals surface area contributed by atoms with E-state index in [-0.39, 0.29) is 0 Å². The first-order valence-corrected chi connectivity index (χ1v) is 4.39. The number of Topliss-reactive ketones (excluding diaryl/α,β-unsaturated/α-hetero) is 1. The molecule has 0 saturated heterocycles. The zero-order chi connectivity index (χ0) is 8.11. The Morgan fingerprint density at radius 2 is 1.64 bits per heavy atom. The molecule has 2 fully saturated rings. The smallest absolute Gasteiger partial charge is 0.134 e. The van der Waals surface area contributed by atoms with Crippen molar-refractivity contribution in [2.75, 3.05) is 0 Å². The second-order valence-corrected chi connectivity index (χ2v) is 4.71. The van der Waals surface area contributed by atoms with Gasteiger partial charge in [-0.25, -0.2) is 0 Å². The number of ketones is 1. The molecule has 0 heterocycles. The highest BCUT2D eigenvalue weighted by atomic mass is 16.1. The third-order valence-electron chi connectivity index (χ3n) is 3.82. The first-order chi connectivity index (χ1) is 5.06. The van der Waals surface area contributed by atoms with Gasteiger partial charge in [0.2, 0.25) is 0 Å². The predicted octanol–water partition coefficient (Wildman–Crippen LogP) is 2.36. The topological polar surface area (TPSA) is 17.1 Å². The molecular formula is C10H15O. The fourth-order valence-electron chi connectivity index (χ4n) is 2.71. The normalized spacial score (nSPS) is 49.8. The average molecular weight is 151 g/mol. The maximum atomic E-state index is 11.3. The van der Waals surface area contributed by atoms with Crippen LogP contribution in [0.25, 0.3) is 0 Å². The third-order valence-corrected chi connectivity index (χ3v) is 3.82. The van der Waals surface area contributed by atoms with Crippen LogP contribution in [0.15, 0.2) is 0 Å². The number of carbonyl (C=O) groups excluding carboxylic acids is 1. The lowest BCUT2D eigenvalue weighted by Crippen LogP contribution is -2.25. The van der Waals surface area contributed by atoms with Crippen molar-refractivity contribution in [3.63, 3.8) is 0 Å². The van der Waals surface area contributed by atoms with E-state index in [9.17, 15) is 4.79 Å². The number of hydrogen-bond donors (Lipinski definition) is 0. The van der Waals surface area contributed by atoms with Crippen molar-refractivity contribution in [2.24, 2.45) is 10.8 Å². The molecule has 2 rings (SSSR count). The van der Waals surface area contributed by atoms with Crippen molar-refractivity contribution in [3.05, 3.63) is 6.42 Å². The van der Waals surface area contributed by atoms with Crippen LogP contribution < -0.4 is 0 Å². The molecule has 2 aliphatic carbocycles. The summed E-state index contributed by atoms with van der Waals surface area (Å²) in [5, 5.41) is 0. The van der Waals surface area contributed by atoms with Gasteiger partial charge in [-0.05, 0) is 30.1 Å². The lowest BCUT2D eigenvalue weighted by atomic mass is 9.71. The van der Waals surface area contributed by atoms with E-state index in [2.05, 4.69) is 20.3 Å². The van der Waals surface area contributed by atoms with Gasteiger partial charge in [0.25, 0.3) is 0 Å². The van der Waals surface area contributed by atoms with E-state index in [0.717, 1.165) is 25.7 Å². The van der Waals surface area contributed by atoms with Gasteiger partial charge in [-0.15, -0.1) is 0 Å². The Morgan fingerprint density at radius 1 is 1.18 bits per heavy atom. The van der Waals surface area contributed by atoms with Crippen molar-refractivity contribution in [3.8, 4) is 0 Å². The zero-order valence-corrected chi connectivity index (χ0v) is 7.31. The average Bonchev–Trinajstić information content (AvgIpc) is 2.16. The van der Waals surface area contributed by atoms with Crippen LogP contribution in [0.4, 0.5) is 0 Å². The minimum atomic E-state index is 0.310. The van der Waals surface area contributed by atoms with Crippen LogP contribution in [0.5, 0.6) is 0 Å². The molecular weight excluding hydrogens is 136 g/mol.